The van der Waals surface area contributed by atoms with Crippen LogP contribution in [0.25, 0.3) is 0 Å². The molecule has 2 rings (SSSR count). The van der Waals surface area contributed by atoms with E-state index in [-0.39, 0.29) is 5.97 Å². The summed E-state index contributed by atoms with van der Waals surface area (Å²) in [5, 5.41) is 3.90. The minimum Gasteiger partial charge on any atom is -0.469 e. The number of rotatable bonds is 6. The van der Waals surface area contributed by atoms with Crippen LogP contribution in [0.3, 0.4) is 0 Å². The number of carbonyl (C=O) groups excluding carboxylic acids is 1. The molecule has 96 valence electrons. The summed E-state index contributed by atoms with van der Waals surface area (Å²) in [4.78, 5) is 15.6. The maximum atomic E-state index is 11.6. The lowest BCUT2D eigenvalue weighted by atomic mass is 10.3. The van der Waals surface area contributed by atoms with Gasteiger partial charge in [-0.25, -0.2) is 9.78 Å². The number of carbonyl (C=O) groups is 1. The van der Waals surface area contributed by atoms with Gasteiger partial charge in [-0.2, -0.15) is 0 Å². The fraction of sp³-hybridized carbons (Fsp3) is 0.333. The smallest absolute Gasteiger partial charge is 0.360 e. The van der Waals surface area contributed by atoms with E-state index < -0.39 is 0 Å². The Kier molecular flexibility index (Phi) is 4.35. The Hall–Kier alpha value is -1.82. The molecule has 0 aromatic carbocycles. The highest BCUT2D eigenvalue weighted by Crippen LogP contribution is 2.20. The van der Waals surface area contributed by atoms with Crippen molar-refractivity contribution >= 4 is 22.3 Å². The first-order valence-electron chi connectivity index (χ1n) is 5.68. The van der Waals surface area contributed by atoms with Gasteiger partial charge >= 0.3 is 5.97 Å². The topological polar surface area (TPSA) is 64.4 Å². The van der Waals surface area contributed by atoms with E-state index in [0.717, 1.165) is 17.2 Å². The van der Waals surface area contributed by atoms with Gasteiger partial charge in [-0.05, 0) is 19.1 Å². The Morgan fingerprint density at radius 1 is 1.61 bits per heavy atom. The summed E-state index contributed by atoms with van der Waals surface area (Å²) >= 11 is 1.39. The van der Waals surface area contributed by atoms with E-state index in [1.54, 1.807) is 18.7 Å². The van der Waals surface area contributed by atoms with Crippen molar-refractivity contribution in [1.82, 2.24) is 4.98 Å². The van der Waals surface area contributed by atoms with E-state index in [1.807, 2.05) is 12.1 Å². The highest BCUT2D eigenvalue weighted by atomic mass is 32.1. The van der Waals surface area contributed by atoms with Gasteiger partial charge in [0, 0.05) is 13.0 Å². The lowest BCUT2D eigenvalue weighted by molar-refractivity contribution is 0.0521. The monoisotopic (exact) mass is 266 g/mol. The zero-order valence-corrected chi connectivity index (χ0v) is 10.8. The largest absolute Gasteiger partial charge is 0.469 e. The van der Waals surface area contributed by atoms with Crippen LogP contribution >= 0.6 is 11.3 Å². The van der Waals surface area contributed by atoms with Crippen molar-refractivity contribution < 1.29 is 13.9 Å². The molecule has 0 aliphatic carbocycles. The van der Waals surface area contributed by atoms with Gasteiger partial charge in [0.2, 0.25) is 0 Å². The molecular formula is C12H14N2O3S. The molecule has 0 radical (unpaired) electrons. The summed E-state index contributed by atoms with van der Waals surface area (Å²) in [5.74, 6) is 0.518. The maximum absolute atomic E-state index is 11.6. The van der Waals surface area contributed by atoms with Crippen molar-refractivity contribution in [3.63, 3.8) is 0 Å². The number of hydrogen-bond acceptors (Lipinski definition) is 6. The zero-order valence-electron chi connectivity index (χ0n) is 10.0. The van der Waals surface area contributed by atoms with Crippen LogP contribution in [-0.4, -0.2) is 24.1 Å². The van der Waals surface area contributed by atoms with Gasteiger partial charge in [0.1, 0.15) is 10.8 Å². The Morgan fingerprint density at radius 2 is 2.50 bits per heavy atom. The van der Waals surface area contributed by atoms with Crippen molar-refractivity contribution in [3.8, 4) is 0 Å². The number of aromatic nitrogens is 1. The third-order valence-corrected chi connectivity index (χ3v) is 3.06. The van der Waals surface area contributed by atoms with Crippen LogP contribution in [0.15, 0.2) is 28.3 Å². The third kappa shape index (κ3) is 3.10. The molecule has 0 saturated carbocycles. The normalized spacial score (nSPS) is 10.3. The van der Waals surface area contributed by atoms with Crippen LogP contribution in [0.1, 0.15) is 23.2 Å². The molecule has 0 spiro atoms. The molecule has 0 unspecified atom stereocenters. The van der Waals surface area contributed by atoms with Crippen LogP contribution in [-0.2, 0) is 11.2 Å². The number of hydrogen-bond donors (Lipinski definition) is 1. The van der Waals surface area contributed by atoms with Crippen LogP contribution < -0.4 is 5.32 Å². The highest BCUT2D eigenvalue weighted by Gasteiger charge is 2.15. The minimum absolute atomic E-state index is 0.348. The molecule has 0 amide bonds. The number of nitrogens with one attached hydrogen (secondary N) is 1. The van der Waals surface area contributed by atoms with Crippen LogP contribution in [0.5, 0.6) is 0 Å². The highest BCUT2D eigenvalue weighted by molar-refractivity contribution is 7.14. The maximum Gasteiger partial charge on any atom is 0.360 e. The molecule has 18 heavy (non-hydrogen) atoms. The predicted molar refractivity (Wildman–Crippen MR) is 69.0 cm³/mol. The number of anilines is 1. The predicted octanol–water partition coefficient (Wildman–Crippen LogP) is 2.57. The fourth-order valence-corrected chi connectivity index (χ4v) is 2.17. The molecule has 5 nitrogen and oxygen atoms in total. The third-order valence-electron chi connectivity index (χ3n) is 2.27. The molecule has 0 aliphatic heterocycles. The molecule has 0 fully saturated rings. The Labute approximate surface area is 109 Å². The van der Waals surface area contributed by atoms with Gasteiger partial charge in [-0.1, -0.05) is 0 Å². The van der Waals surface area contributed by atoms with Crippen molar-refractivity contribution in [2.24, 2.45) is 0 Å². The van der Waals surface area contributed by atoms with Crippen LogP contribution in [0.4, 0.5) is 5.00 Å². The first kappa shape index (κ1) is 12.6. The van der Waals surface area contributed by atoms with Gasteiger partial charge < -0.3 is 14.5 Å². The molecular weight excluding hydrogens is 252 g/mol. The van der Waals surface area contributed by atoms with Gasteiger partial charge in [0.25, 0.3) is 0 Å². The second kappa shape index (κ2) is 6.20. The van der Waals surface area contributed by atoms with E-state index in [9.17, 15) is 4.79 Å². The summed E-state index contributed by atoms with van der Waals surface area (Å²) in [6.45, 7) is 2.80. The van der Waals surface area contributed by atoms with Crippen molar-refractivity contribution in [1.29, 1.82) is 0 Å². The lowest BCUT2D eigenvalue weighted by Gasteiger charge is -2.04. The summed E-state index contributed by atoms with van der Waals surface area (Å²) in [5.41, 5.74) is 1.97. The van der Waals surface area contributed by atoms with E-state index in [0.29, 0.717) is 18.8 Å². The Balaban J connectivity index is 1.89. The van der Waals surface area contributed by atoms with E-state index >= 15 is 0 Å². The standard InChI is InChI=1S/C12H14N2O3S/c1-2-16-12(15)10-11(18-8-14-10)13-6-5-9-4-3-7-17-9/h3-4,7-8,13H,2,5-6H2,1H3. The van der Waals surface area contributed by atoms with Gasteiger partial charge in [-0.15, -0.1) is 11.3 Å². The zero-order chi connectivity index (χ0) is 12.8. The number of thiazole rings is 1. The summed E-state index contributed by atoms with van der Waals surface area (Å²) in [7, 11) is 0. The van der Waals surface area contributed by atoms with E-state index in [1.165, 1.54) is 11.3 Å². The van der Waals surface area contributed by atoms with Gasteiger partial charge in [-0.3, -0.25) is 0 Å². The van der Waals surface area contributed by atoms with Crippen LogP contribution in [0, 0.1) is 0 Å². The molecule has 1 N–H and O–H groups in total. The lowest BCUT2D eigenvalue weighted by Crippen LogP contribution is -2.10. The number of nitrogens with zero attached hydrogens (tertiary/aromatic N) is 1. The summed E-state index contributed by atoms with van der Waals surface area (Å²) < 4.78 is 10.2. The van der Waals surface area contributed by atoms with E-state index in [2.05, 4.69) is 10.3 Å². The van der Waals surface area contributed by atoms with Gasteiger partial charge in [0.15, 0.2) is 5.69 Å². The van der Waals surface area contributed by atoms with Crippen molar-refractivity contribution in [2.75, 3.05) is 18.5 Å². The Bertz CT molecular complexity index is 493. The first-order valence-corrected chi connectivity index (χ1v) is 6.56. The quantitative estimate of drug-likeness (QED) is 0.814. The molecule has 2 heterocycles. The van der Waals surface area contributed by atoms with E-state index in [4.69, 9.17) is 9.15 Å². The average molecular weight is 266 g/mol. The Morgan fingerprint density at radius 3 is 3.22 bits per heavy atom. The molecule has 6 heteroatoms. The molecule has 0 aliphatic rings. The van der Waals surface area contributed by atoms with Crippen molar-refractivity contribution in [3.05, 3.63) is 35.4 Å². The molecule has 2 aromatic heterocycles. The number of esters is 1. The molecule has 2 aromatic rings. The number of ether oxygens (including phenoxy) is 1. The second-order valence-corrected chi connectivity index (χ2v) is 4.36. The fourth-order valence-electron chi connectivity index (χ4n) is 1.47. The van der Waals surface area contributed by atoms with Crippen LogP contribution in [0.2, 0.25) is 0 Å². The molecule has 0 atom stereocenters. The van der Waals surface area contributed by atoms with Crippen molar-refractivity contribution in [2.45, 2.75) is 13.3 Å². The first-order chi connectivity index (χ1) is 8.81. The average Bonchev–Trinajstić information content (AvgIpc) is 3.00. The SMILES string of the molecule is CCOC(=O)c1ncsc1NCCc1ccco1. The summed E-state index contributed by atoms with van der Waals surface area (Å²) in [6.07, 6.45) is 2.40. The minimum atomic E-state index is -0.390. The molecule has 0 saturated heterocycles. The second-order valence-electron chi connectivity index (χ2n) is 3.51. The molecule has 0 bridgehead atoms. The number of furan rings is 1. The summed E-state index contributed by atoms with van der Waals surface area (Å²) in [6, 6.07) is 3.77. The van der Waals surface area contributed by atoms with Gasteiger partial charge in [0.05, 0.1) is 18.4 Å².